The molecule has 1 aliphatic carbocycles. The molecule has 0 spiro atoms. The van der Waals surface area contributed by atoms with Gasteiger partial charge in [0.05, 0.1) is 18.8 Å². The first-order chi connectivity index (χ1) is 12.8. The minimum absolute atomic E-state index is 0.608. The number of benzene rings is 1. The molecule has 1 aromatic carbocycles. The maximum Gasteiger partial charge on any atom is 0.173 e. The maximum atomic E-state index is 6.81. The Kier molecular flexibility index (Phi) is 7.36. The fraction of sp³-hybridized carbons (Fsp3) is 0.727. The third kappa shape index (κ3) is 7.46. The van der Waals surface area contributed by atoms with E-state index < -0.39 is 16.6 Å². The Morgan fingerprint density at radius 2 is 1.70 bits per heavy atom. The summed E-state index contributed by atoms with van der Waals surface area (Å²) in [6.45, 7) is 11.2. The van der Waals surface area contributed by atoms with Gasteiger partial charge in [0.1, 0.15) is 0 Å². The van der Waals surface area contributed by atoms with E-state index in [1.807, 2.05) is 6.07 Å². The third-order valence-electron chi connectivity index (χ3n) is 6.00. The highest BCUT2D eigenvalue weighted by Gasteiger charge is 2.44. The number of fused-ring (bicyclic) bond motifs is 1. The van der Waals surface area contributed by atoms with Crippen molar-refractivity contribution >= 4 is 16.6 Å². The van der Waals surface area contributed by atoms with Gasteiger partial charge in [0.2, 0.25) is 0 Å². The van der Waals surface area contributed by atoms with Crippen molar-refractivity contribution in [2.24, 2.45) is 5.92 Å². The molecular formula is C22H38O3Si2. The first-order valence-corrected chi connectivity index (χ1v) is 17.0. The van der Waals surface area contributed by atoms with Crippen LogP contribution in [0.15, 0.2) is 30.3 Å². The molecule has 1 heterocycles. The summed E-state index contributed by atoms with van der Waals surface area (Å²) in [4.78, 5) is 0. The SMILES string of the molecule is C[Si](C)(CCCOCc1ccccc1)O[Si](C)(C)CCC1CCC2OC2C1. The topological polar surface area (TPSA) is 31.0 Å². The molecule has 1 aromatic rings. The lowest BCUT2D eigenvalue weighted by molar-refractivity contribution is 0.121. The fourth-order valence-electron chi connectivity index (χ4n) is 4.51. The van der Waals surface area contributed by atoms with Gasteiger partial charge in [0.15, 0.2) is 16.6 Å². The van der Waals surface area contributed by atoms with E-state index in [0.29, 0.717) is 12.2 Å². The standard InChI is InChI=1S/C22H38O3Si2/c1-26(2,15-8-14-23-18-20-9-6-5-7-10-20)25-27(3,4)16-13-19-11-12-21-22(17-19)24-21/h5-7,9-10,19,21-22H,8,11-18H2,1-4H3. The van der Waals surface area contributed by atoms with E-state index in [9.17, 15) is 0 Å². The second-order valence-electron chi connectivity index (χ2n) is 9.69. The van der Waals surface area contributed by atoms with Crippen LogP contribution in [0.3, 0.4) is 0 Å². The second-order valence-corrected chi connectivity index (χ2v) is 18.5. The highest BCUT2D eigenvalue weighted by molar-refractivity contribution is 6.84. The molecule has 3 rings (SSSR count). The largest absolute Gasteiger partial charge is 0.455 e. The van der Waals surface area contributed by atoms with Crippen LogP contribution in [0.2, 0.25) is 38.3 Å². The van der Waals surface area contributed by atoms with Crippen LogP contribution in [-0.4, -0.2) is 35.4 Å². The van der Waals surface area contributed by atoms with E-state index in [1.54, 1.807) is 0 Å². The molecular weight excluding hydrogens is 368 g/mol. The minimum Gasteiger partial charge on any atom is -0.455 e. The zero-order valence-electron chi connectivity index (χ0n) is 17.7. The number of epoxide rings is 1. The normalized spacial score (nSPS) is 25.3. The van der Waals surface area contributed by atoms with Gasteiger partial charge in [-0.05, 0) is 75.4 Å². The van der Waals surface area contributed by atoms with Crippen molar-refractivity contribution < 1.29 is 13.6 Å². The Balaban J connectivity index is 1.30. The molecule has 3 atom stereocenters. The molecule has 27 heavy (non-hydrogen) atoms. The zero-order chi connectivity index (χ0) is 19.3. The molecule has 1 saturated carbocycles. The molecule has 0 radical (unpaired) electrons. The van der Waals surface area contributed by atoms with Gasteiger partial charge >= 0.3 is 0 Å². The molecule has 0 bridgehead atoms. The van der Waals surface area contributed by atoms with Crippen LogP contribution in [0, 0.1) is 5.92 Å². The summed E-state index contributed by atoms with van der Waals surface area (Å²) in [5, 5.41) is 0. The van der Waals surface area contributed by atoms with E-state index in [1.165, 1.54) is 43.3 Å². The average molecular weight is 407 g/mol. The number of ether oxygens (including phenoxy) is 2. The molecule has 1 aliphatic heterocycles. The van der Waals surface area contributed by atoms with Crippen molar-refractivity contribution in [3.8, 4) is 0 Å². The van der Waals surface area contributed by atoms with Crippen LogP contribution in [-0.2, 0) is 20.2 Å². The van der Waals surface area contributed by atoms with E-state index >= 15 is 0 Å². The minimum atomic E-state index is -1.60. The van der Waals surface area contributed by atoms with Crippen molar-refractivity contribution in [1.82, 2.24) is 0 Å². The lowest BCUT2D eigenvalue weighted by atomic mass is 9.88. The van der Waals surface area contributed by atoms with Crippen molar-refractivity contribution in [1.29, 1.82) is 0 Å². The Morgan fingerprint density at radius 1 is 0.963 bits per heavy atom. The molecule has 0 amide bonds. The van der Waals surface area contributed by atoms with Gasteiger partial charge in [-0.1, -0.05) is 36.8 Å². The summed E-state index contributed by atoms with van der Waals surface area (Å²) in [6.07, 6.45) is 7.64. The highest BCUT2D eigenvalue weighted by Crippen LogP contribution is 2.41. The Hall–Kier alpha value is -0.466. The summed E-state index contributed by atoms with van der Waals surface area (Å²) >= 11 is 0. The zero-order valence-corrected chi connectivity index (χ0v) is 19.7. The second kappa shape index (κ2) is 9.35. The Labute approximate surface area is 168 Å². The smallest absolute Gasteiger partial charge is 0.173 e. The van der Waals surface area contributed by atoms with Crippen LogP contribution in [0.5, 0.6) is 0 Å². The molecule has 0 aromatic heterocycles. The van der Waals surface area contributed by atoms with Crippen LogP contribution in [0.1, 0.15) is 37.7 Å². The van der Waals surface area contributed by atoms with Gasteiger partial charge in [-0.3, -0.25) is 0 Å². The van der Waals surface area contributed by atoms with Gasteiger partial charge < -0.3 is 13.6 Å². The first-order valence-electron chi connectivity index (χ1n) is 10.8. The monoisotopic (exact) mass is 406 g/mol. The Morgan fingerprint density at radius 3 is 2.44 bits per heavy atom. The molecule has 0 N–H and O–H groups in total. The van der Waals surface area contributed by atoms with E-state index in [2.05, 4.69) is 50.5 Å². The molecule has 1 saturated heterocycles. The van der Waals surface area contributed by atoms with Gasteiger partial charge in [0, 0.05) is 6.61 Å². The highest BCUT2D eigenvalue weighted by atomic mass is 28.4. The van der Waals surface area contributed by atoms with E-state index in [-0.39, 0.29) is 0 Å². The maximum absolute atomic E-state index is 6.81. The molecule has 2 aliphatic rings. The number of hydrogen-bond donors (Lipinski definition) is 0. The van der Waals surface area contributed by atoms with Gasteiger partial charge in [-0.2, -0.15) is 0 Å². The number of hydrogen-bond acceptors (Lipinski definition) is 3. The van der Waals surface area contributed by atoms with Crippen LogP contribution < -0.4 is 0 Å². The molecule has 2 fully saturated rings. The van der Waals surface area contributed by atoms with Crippen molar-refractivity contribution in [3.63, 3.8) is 0 Å². The predicted molar refractivity (Wildman–Crippen MR) is 117 cm³/mol. The van der Waals surface area contributed by atoms with Gasteiger partial charge in [-0.25, -0.2) is 0 Å². The van der Waals surface area contributed by atoms with E-state index in [4.69, 9.17) is 13.6 Å². The van der Waals surface area contributed by atoms with Crippen LogP contribution in [0.4, 0.5) is 0 Å². The van der Waals surface area contributed by atoms with Crippen molar-refractivity contribution in [3.05, 3.63) is 35.9 Å². The summed E-state index contributed by atoms with van der Waals surface area (Å²) in [5.74, 6) is 0.875. The third-order valence-corrected chi connectivity index (χ3v) is 13.5. The van der Waals surface area contributed by atoms with Crippen LogP contribution in [0.25, 0.3) is 0 Å². The number of rotatable bonds is 11. The average Bonchev–Trinajstić information content (AvgIpc) is 3.38. The summed E-state index contributed by atoms with van der Waals surface area (Å²) in [5.41, 5.74) is 1.25. The molecule has 152 valence electrons. The summed E-state index contributed by atoms with van der Waals surface area (Å²) < 4.78 is 18.3. The first kappa shape index (κ1) is 21.2. The quantitative estimate of drug-likeness (QED) is 0.257. The van der Waals surface area contributed by atoms with Gasteiger partial charge in [-0.15, -0.1) is 0 Å². The summed E-state index contributed by atoms with van der Waals surface area (Å²) in [7, 11) is -3.18. The lowest BCUT2D eigenvalue weighted by Gasteiger charge is -2.35. The van der Waals surface area contributed by atoms with Crippen LogP contribution >= 0.6 is 0 Å². The van der Waals surface area contributed by atoms with E-state index in [0.717, 1.165) is 25.6 Å². The molecule has 5 heteroatoms. The predicted octanol–water partition coefficient (Wildman–Crippen LogP) is 5.98. The van der Waals surface area contributed by atoms with Crippen molar-refractivity contribution in [2.75, 3.05) is 6.61 Å². The molecule has 3 unspecified atom stereocenters. The summed E-state index contributed by atoms with van der Waals surface area (Å²) in [6, 6.07) is 12.9. The Bertz CT molecular complexity index is 576. The molecule has 3 nitrogen and oxygen atoms in total. The van der Waals surface area contributed by atoms with Gasteiger partial charge in [0.25, 0.3) is 0 Å². The lowest BCUT2D eigenvalue weighted by Crippen LogP contribution is -2.44. The van der Waals surface area contributed by atoms with Crippen molar-refractivity contribution in [2.45, 2.75) is 89.2 Å². The fourth-order valence-corrected chi connectivity index (χ4v) is 13.4.